The average Bonchev–Trinajstić information content (AvgIpc) is 3.47. The highest BCUT2D eigenvalue weighted by Gasteiger charge is 2.47. The number of carbonyl (C=O) groups is 1. The van der Waals surface area contributed by atoms with Gasteiger partial charge in [-0.2, -0.15) is 10.2 Å². The first-order valence-electron chi connectivity index (χ1n) is 12.0. The summed E-state index contributed by atoms with van der Waals surface area (Å²) in [6, 6.07) is 6.20. The number of amides is 1. The number of aromatic nitrogens is 4. The highest BCUT2D eigenvalue weighted by molar-refractivity contribution is 5.79. The van der Waals surface area contributed by atoms with Gasteiger partial charge >= 0.3 is 6.09 Å². The lowest BCUT2D eigenvalue weighted by molar-refractivity contribution is -0.111. The van der Waals surface area contributed by atoms with Crippen LogP contribution in [0.4, 0.5) is 9.18 Å². The molecule has 6 rings (SSSR count). The highest BCUT2D eigenvalue weighted by Crippen LogP contribution is 2.40. The number of ether oxygens (including phenoxy) is 3. The van der Waals surface area contributed by atoms with Crippen molar-refractivity contribution in [1.82, 2.24) is 24.4 Å². The Bertz CT molecular complexity index is 1380. The topological polar surface area (TPSA) is 115 Å². The van der Waals surface area contributed by atoms with Gasteiger partial charge in [-0.3, -0.25) is 4.57 Å². The van der Waals surface area contributed by atoms with E-state index in [1.807, 2.05) is 13.0 Å². The van der Waals surface area contributed by atoms with Gasteiger partial charge in [-0.05, 0) is 44.9 Å². The molecule has 2 saturated heterocycles. The summed E-state index contributed by atoms with van der Waals surface area (Å²) in [6.45, 7) is 5.55. The Kier molecular flexibility index (Phi) is 5.30. The SMILES string of the molecule is Cc1nc2c(OC3C4COCC3CN(C(=O)OC3(C)CC3)C4)ncnc2n1-c1ccc(C#N)cc1F. The summed E-state index contributed by atoms with van der Waals surface area (Å²) in [6.07, 6.45) is 2.65. The zero-order valence-electron chi connectivity index (χ0n) is 20.0. The molecule has 1 saturated carbocycles. The summed E-state index contributed by atoms with van der Waals surface area (Å²) < 4.78 is 34.3. The Labute approximate surface area is 206 Å². The molecular weight excluding hydrogens is 467 g/mol. The monoisotopic (exact) mass is 492 g/mol. The molecule has 2 aliphatic heterocycles. The number of hydrogen-bond donors (Lipinski definition) is 0. The van der Waals surface area contributed by atoms with Crippen LogP contribution in [0.1, 0.15) is 31.2 Å². The van der Waals surface area contributed by atoms with Crippen molar-refractivity contribution in [3.63, 3.8) is 0 Å². The van der Waals surface area contributed by atoms with E-state index in [4.69, 9.17) is 19.5 Å². The molecule has 1 aliphatic carbocycles. The fourth-order valence-electron chi connectivity index (χ4n) is 5.04. The lowest BCUT2D eigenvalue weighted by atomic mass is 9.84. The predicted molar refractivity (Wildman–Crippen MR) is 124 cm³/mol. The number of aryl methyl sites for hydroxylation is 1. The van der Waals surface area contributed by atoms with E-state index in [2.05, 4.69) is 15.0 Å². The number of likely N-dealkylation sites (tertiary alicyclic amines) is 1. The number of hydrogen-bond acceptors (Lipinski definition) is 8. The minimum atomic E-state index is -0.552. The van der Waals surface area contributed by atoms with Crippen LogP contribution < -0.4 is 4.74 Å². The highest BCUT2D eigenvalue weighted by atomic mass is 19.1. The van der Waals surface area contributed by atoms with Gasteiger partial charge in [0, 0.05) is 24.9 Å². The molecule has 36 heavy (non-hydrogen) atoms. The van der Waals surface area contributed by atoms with Gasteiger partial charge in [-0.15, -0.1) is 0 Å². The molecule has 0 radical (unpaired) electrons. The second-order valence-corrected chi connectivity index (χ2v) is 9.99. The summed E-state index contributed by atoms with van der Waals surface area (Å²) in [4.78, 5) is 27.7. The molecule has 1 aromatic carbocycles. The Hall–Kier alpha value is -3.78. The van der Waals surface area contributed by atoms with E-state index in [1.54, 1.807) is 22.5 Å². The molecule has 2 aromatic heterocycles. The molecule has 11 heteroatoms. The number of halogens is 1. The van der Waals surface area contributed by atoms with Crippen LogP contribution in [-0.4, -0.2) is 68.5 Å². The maximum atomic E-state index is 14.8. The first-order chi connectivity index (χ1) is 17.3. The lowest BCUT2D eigenvalue weighted by Gasteiger charge is -2.45. The van der Waals surface area contributed by atoms with E-state index in [-0.39, 0.29) is 40.9 Å². The smallest absolute Gasteiger partial charge is 0.410 e. The van der Waals surface area contributed by atoms with E-state index in [0.29, 0.717) is 49.2 Å². The third kappa shape index (κ3) is 3.91. The zero-order valence-corrected chi connectivity index (χ0v) is 20.0. The van der Waals surface area contributed by atoms with Crippen molar-refractivity contribution in [3.05, 3.63) is 41.7 Å². The second-order valence-electron chi connectivity index (χ2n) is 9.99. The summed E-state index contributed by atoms with van der Waals surface area (Å²) in [7, 11) is 0. The first-order valence-corrected chi connectivity index (χ1v) is 12.0. The largest absolute Gasteiger partial charge is 0.472 e. The van der Waals surface area contributed by atoms with Crippen LogP contribution in [-0.2, 0) is 9.47 Å². The Balaban J connectivity index is 1.28. The van der Waals surface area contributed by atoms with Crippen LogP contribution in [0.25, 0.3) is 16.9 Å². The predicted octanol–water partition coefficient (Wildman–Crippen LogP) is 3.15. The molecule has 3 aromatic rings. The molecule has 0 spiro atoms. The fourth-order valence-corrected chi connectivity index (χ4v) is 5.04. The molecule has 186 valence electrons. The second kappa shape index (κ2) is 8.41. The Morgan fingerprint density at radius 1 is 1.25 bits per heavy atom. The van der Waals surface area contributed by atoms with E-state index in [9.17, 15) is 9.18 Å². The summed E-state index contributed by atoms with van der Waals surface area (Å²) in [5, 5.41) is 9.06. The number of fused-ring (bicyclic) bond motifs is 3. The molecule has 0 N–H and O–H groups in total. The number of nitrogens with zero attached hydrogens (tertiary/aromatic N) is 6. The van der Waals surface area contributed by atoms with Crippen molar-refractivity contribution in [2.45, 2.75) is 38.4 Å². The van der Waals surface area contributed by atoms with E-state index < -0.39 is 5.82 Å². The van der Waals surface area contributed by atoms with Crippen molar-refractivity contribution in [1.29, 1.82) is 5.26 Å². The van der Waals surface area contributed by atoms with Crippen LogP contribution in [0.2, 0.25) is 0 Å². The van der Waals surface area contributed by atoms with Crippen molar-refractivity contribution < 1.29 is 23.4 Å². The van der Waals surface area contributed by atoms with Crippen LogP contribution in [0, 0.1) is 35.9 Å². The number of imidazole rings is 1. The Morgan fingerprint density at radius 2 is 2.00 bits per heavy atom. The van der Waals surface area contributed by atoms with Crippen molar-refractivity contribution >= 4 is 17.3 Å². The summed E-state index contributed by atoms with van der Waals surface area (Å²) in [5.41, 5.74) is 0.961. The molecule has 10 nitrogen and oxygen atoms in total. The average molecular weight is 493 g/mol. The fraction of sp³-hybridized carbons (Fsp3) is 0.480. The first kappa shape index (κ1) is 22.7. The summed E-state index contributed by atoms with van der Waals surface area (Å²) in [5.74, 6) is 0.152. The molecule has 2 bridgehead atoms. The van der Waals surface area contributed by atoms with E-state index >= 15 is 0 Å². The van der Waals surface area contributed by atoms with Gasteiger partial charge < -0.3 is 19.1 Å². The lowest BCUT2D eigenvalue weighted by Crippen LogP contribution is -2.59. The van der Waals surface area contributed by atoms with Gasteiger partial charge in [0.2, 0.25) is 5.88 Å². The van der Waals surface area contributed by atoms with Gasteiger partial charge in [0.15, 0.2) is 11.2 Å². The van der Waals surface area contributed by atoms with Crippen LogP contribution >= 0.6 is 0 Å². The normalized spacial score (nSPS) is 24.3. The van der Waals surface area contributed by atoms with Crippen molar-refractivity contribution in [2.75, 3.05) is 26.3 Å². The third-order valence-electron chi connectivity index (χ3n) is 7.19. The quantitative estimate of drug-likeness (QED) is 0.546. The van der Waals surface area contributed by atoms with E-state index in [0.717, 1.165) is 12.8 Å². The van der Waals surface area contributed by atoms with Crippen molar-refractivity contribution in [3.8, 4) is 17.6 Å². The molecule has 2 unspecified atom stereocenters. The minimum Gasteiger partial charge on any atom is -0.472 e. The summed E-state index contributed by atoms with van der Waals surface area (Å²) >= 11 is 0. The maximum Gasteiger partial charge on any atom is 0.410 e. The van der Waals surface area contributed by atoms with E-state index in [1.165, 1.54) is 18.5 Å². The standard InChI is InChI=1S/C25H25FN6O4/c1-14-30-20-22(32(14)19-4-3-15(8-27)7-18(19)26)28-13-29-23(20)35-21-16-9-31(10-17(21)12-34-11-16)24(33)36-25(2)5-6-25/h3-4,7,13,16-17,21H,5-6,9-12H2,1-2H3. The van der Waals surface area contributed by atoms with Crippen molar-refractivity contribution in [2.24, 2.45) is 11.8 Å². The maximum absolute atomic E-state index is 14.8. The minimum absolute atomic E-state index is 0.0544. The Morgan fingerprint density at radius 3 is 2.67 bits per heavy atom. The van der Waals surface area contributed by atoms with Crippen LogP contribution in [0.5, 0.6) is 5.88 Å². The zero-order chi connectivity index (χ0) is 25.0. The van der Waals surface area contributed by atoms with Crippen LogP contribution in [0.3, 0.4) is 0 Å². The number of piperidine rings is 1. The van der Waals surface area contributed by atoms with Gasteiger partial charge in [-0.25, -0.2) is 19.2 Å². The van der Waals surface area contributed by atoms with Gasteiger partial charge in [0.05, 0.1) is 30.5 Å². The molecule has 3 fully saturated rings. The van der Waals surface area contributed by atoms with Gasteiger partial charge in [0.1, 0.15) is 29.7 Å². The van der Waals surface area contributed by atoms with Gasteiger partial charge in [0.25, 0.3) is 0 Å². The molecule has 2 atom stereocenters. The molecule has 4 heterocycles. The molecule has 3 aliphatic rings. The number of carbonyl (C=O) groups excluding carboxylic acids is 1. The molecular formula is C25H25FN6O4. The number of rotatable bonds is 4. The van der Waals surface area contributed by atoms with Gasteiger partial charge in [-0.1, -0.05) is 0 Å². The molecule has 1 amide bonds. The van der Waals surface area contributed by atoms with Crippen LogP contribution in [0.15, 0.2) is 24.5 Å². The number of nitriles is 1. The number of benzene rings is 1. The third-order valence-corrected chi connectivity index (χ3v) is 7.19.